The lowest BCUT2D eigenvalue weighted by Gasteiger charge is -2.18. The molecule has 0 aliphatic carbocycles. The Balaban J connectivity index is 2.90. The summed E-state index contributed by atoms with van der Waals surface area (Å²) in [5.74, 6) is -1.19. The molecule has 1 heterocycles. The van der Waals surface area contributed by atoms with E-state index in [2.05, 4.69) is 14.5 Å². The van der Waals surface area contributed by atoms with Crippen LogP contribution in [0.2, 0.25) is 0 Å². The molecule has 0 N–H and O–H groups in total. The van der Waals surface area contributed by atoms with E-state index >= 15 is 0 Å². The summed E-state index contributed by atoms with van der Waals surface area (Å²) in [4.78, 5) is 37.5. The van der Waals surface area contributed by atoms with E-state index in [0.717, 1.165) is 17.5 Å². The van der Waals surface area contributed by atoms with Gasteiger partial charge in [0, 0.05) is 0 Å². The van der Waals surface area contributed by atoms with Gasteiger partial charge in [0.05, 0.1) is 19.1 Å². The van der Waals surface area contributed by atoms with E-state index in [9.17, 15) is 19.7 Å². The Labute approximate surface area is 111 Å². The molecule has 9 nitrogen and oxygen atoms in total. The van der Waals surface area contributed by atoms with E-state index in [1.807, 2.05) is 0 Å². The summed E-state index contributed by atoms with van der Waals surface area (Å²) >= 11 is 0.754. The number of nitro groups is 1. The van der Waals surface area contributed by atoms with Crippen LogP contribution in [0.5, 0.6) is 0 Å². The van der Waals surface area contributed by atoms with Gasteiger partial charge in [0.15, 0.2) is 5.13 Å². The molecule has 19 heavy (non-hydrogen) atoms. The van der Waals surface area contributed by atoms with Gasteiger partial charge in [-0.05, 0) is 11.3 Å². The number of nitrogens with zero attached hydrogens (tertiary/aromatic N) is 3. The van der Waals surface area contributed by atoms with Crippen LogP contribution in [-0.4, -0.2) is 49.2 Å². The summed E-state index contributed by atoms with van der Waals surface area (Å²) in [5.41, 5.74) is 0. The molecule has 0 radical (unpaired) electrons. The molecule has 104 valence electrons. The summed E-state index contributed by atoms with van der Waals surface area (Å²) in [6.07, 6.45) is 1.06. The van der Waals surface area contributed by atoms with Crippen molar-refractivity contribution in [2.75, 3.05) is 32.2 Å². The Morgan fingerprint density at radius 1 is 1.37 bits per heavy atom. The number of methoxy groups -OCH3 is 2. The van der Waals surface area contributed by atoms with Crippen LogP contribution in [0.25, 0.3) is 0 Å². The molecule has 0 spiro atoms. The predicted molar refractivity (Wildman–Crippen MR) is 65.0 cm³/mol. The molecule has 0 aromatic carbocycles. The molecular formula is C9H11N3O6S. The van der Waals surface area contributed by atoms with E-state index < -0.39 is 16.9 Å². The first-order valence-corrected chi connectivity index (χ1v) is 5.78. The largest absolute Gasteiger partial charge is 0.468 e. The Hall–Kier alpha value is -2.23. The van der Waals surface area contributed by atoms with Crippen molar-refractivity contribution in [3.8, 4) is 0 Å². The maximum atomic E-state index is 11.2. The van der Waals surface area contributed by atoms with Crippen molar-refractivity contribution in [1.82, 2.24) is 4.98 Å². The molecule has 0 aliphatic heterocycles. The number of esters is 2. The third-order valence-corrected chi connectivity index (χ3v) is 3.04. The lowest BCUT2D eigenvalue weighted by molar-refractivity contribution is -0.380. The van der Waals surface area contributed by atoms with Crippen molar-refractivity contribution in [3.05, 3.63) is 16.3 Å². The van der Waals surface area contributed by atoms with Gasteiger partial charge in [-0.3, -0.25) is 19.7 Å². The number of thiazole rings is 1. The number of aromatic nitrogens is 1. The van der Waals surface area contributed by atoms with Crippen molar-refractivity contribution in [1.29, 1.82) is 0 Å². The molecule has 1 rings (SSSR count). The minimum absolute atomic E-state index is 0.169. The molecule has 0 bridgehead atoms. The van der Waals surface area contributed by atoms with Gasteiger partial charge in [0.25, 0.3) is 0 Å². The first-order valence-electron chi connectivity index (χ1n) is 4.96. The van der Waals surface area contributed by atoms with E-state index in [0.29, 0.717) is 0 Å². The Morgan fingerprint density at radius 3 is 2.26 bits per heavy atom. The van der Waals surface area contributed by atoms with Gasteiger partial charge in [0.1, 0.15) is 19.3 Å². The highest BCUT2D eigenvalue weighted by atomic mass is 32.1. The van der Waals surface area contributed by atoms with E-state index in [1.54, 1.807) is 0 Å². The van der Waals surface area contributed by atoms with Crippen LogP contribution in [-0.2, 0) is 19.1 Å². The highest BCUT2D eigenvalue weighted by Gasteiger charge is 2.21. The molecule has 0 aliphatic rings. The first kappa shape index (κ1) is 14.8. The van der Waals surface area contributed by atoms with Crippen LogP contribution in [0, 0.1) is 10.1 Å². The molecule has 0 unspecified atom stereocenters. The number of anilines is 1. The fourth-order valence-electron chi connectivity index (χ4n) is 1.12. The maximum absolute atomic E-state index is 11.2. The number of hydrogen-bond donors (Lipinski definition) is 0. The normalized spacial score (nSPS) is 9.79. The fourth-order valence-corrected chi connectivity index (χ4v) is 1.85. The predicted octanol–water partition coefficient (Wildman–Crippen LogP) is 0.204. The van der Waals surface area contributed by atoms with Crippen LogP contribution in [0.4, 0.5) is 10.1 Å². The van der Waals surface area contributed by atoms with Crippen LogP contribution in [0.3, 0.4) is 0 Å². The Bertz CT molecular complexity index is 470. The second-order valence-electron chi connectivity index (χ2n) is 3.25. The van der Waals surface area contributed by atoms with Crippen molar-refractivity contribution < 1.29 is 24.0 Å². The second-order valence-corrected chi connectivity index (χ2v) is 4.23. The monoisotopic (exact) mass is 289 g/mol. The van der Waals surface area contributed by atoms with Gasteiger partial charge in [0.2, 0.25) is 0 Å². The SMILES string of the molecule is COC(=O)CN(CC(=O)OC)c1ncc([N+](=O)[O-])s1. The Morgan fingerprint density at radius 2 is 1.89 bits per heavy atom. The summed E-state index contributed by atoms with van der Waals surface area (Å²) in [5, 5.41) is 10.6. The van der Waals surface area contributed by atoms with E-state index in [-0.39, 0.29) is 23.2 Å². The number of hydrogen-bond acceptors (Lipinski definition) is 9. The third-order valence-electron chi connectivity index (χ3n) is 2.03. The van der Waals surface area contributed by atoms with Crippen molar-refractivity contribution in [3.63, 3.8) is 0 Å². The number of carbonyl (C=O) groups is 2. The van der Waals surface area contributed by atoms with Gasteiger partial charge >= 0.3 is 16.9 Å². The number of carbonyl (C=O) groups excluding carboxylic acids is 2. The van der Waals surface area contributed by atoms with E-state index in [1.165, 1.54) is 19.1 Å². The van der Waals surface area contributed by atoms with Gasteiger partial charge < -0.3 is 14.4 Å². The molecule has 0 saturated carbocycles. The van der Waals surface area contributed by atoms with Gasteiger partial charge in [-0.2, -0.15) is 0 Å². The molecule has 0 saturated heterocycles. The molecule has 0 amide bonds. The first-order chi connectivity index (χ1) is 8.97. The minimum Gasteiger partial charge on any atom is -0.468 e. The quantitative estimate of drug-likeness (QED) is 0.415. The molecular weight excluding hydrogens is 278 g/mol. The summed E-state index contributed by atoms with van der Waals surface area (Å²) < 4.78 is 8.96. The van der Waals surface area contributed by atoms with Crippen LogP contribution < -0.4 is 4.90 Å². The molecule has 1 aromatic heterocycles. The van der Waals surface area contributed by atoms with Crippen molar-refractivity contribution in [2.24, 2.45) is 0 Å². The summed E-state index contributed by atoms with van der Waals surface area (Å²) in [6.45, 7) is -0.507. The maximum Gasteiger partial charge on any atom is 0.345 e. The number of rotatable bonds is 6. The minimum atomic E-state index is -0.602. The zero-order chi connectivity index (χ0) is 14.4. The molecule has 1 aromatic rings. The summed E-state index contributed by atoms with van der Waals surface area (Å²) in [6, 6.07) is 0. The number of ether oxygens (including phenoxy) is 2. The van der Waals surface area contributed by atoms with Crippen LogP contribution >= 0.6 is 11.3 Å². The third kappa shape index (κ3) is 4.17. The van der Waals surface area contributed by atoms with Crippen LogP contribution in [0.15, 0.2) is 6.20 Å². The zero-order valence-electron chi connectivity index (χ0n) is 10.2. The highest BCUT2D eigenvalue weighted by molar-refractivity contribution is 7.18. The van der Waals surface area contributed by atoms with Crippen molar-refractivity contribution in [2.45, 2.75) is 0 Å². The van der Waals surface area contributed by atoms with Gasteiger partial charge in [-0.25, -0.2) is 4.98 Å². The Kier molecular flexibility index (Phi) is 5.18. The topological polar surface area (TPSA) is 112 Å². The standard InChI is InChI=1S/C9H11N3O6S/c1-17-7(13)4-11(5-8(14)18-2)9-10-3-6(19-9)12(15)16/h3H,4-5H2,1-2H3. The molecule has 10 heteroatoms. The second kappa shape index (κ2) is 6.64. The van der Waals surface area contributed by atoms with Crippen molar-refractivity contribution >= 4 is 33.4 Å². The summed E-state index contributed by atoms with van der Waals surface area (Å²) in [7, 11) is 2.39. The molecule has 0 fully saturated rings. The average Bonchev–Trinajstić information content (AvgIpc) is 2.87. The van der Waals surface area contributed by atoms with Gasteiger partial charge in [-0.1, -0.05) is 0 Å². The molecule has 0 atom stereocenters. The average molecular weight is 289 g/mol. The van der Waals surface area contributed by atoms with E-state index in [4.69, 9.17) is 0 Å². The zero-order valence-corrected chi connectivity index (χ0v) is 11.0. The highest BCUT2D eigenvalue weighted by Crippen LogP contribution is 2.28. The lowest BCUT2D eigenvalue weighted by atomic mass is 10.5. The fraction of sp³-hybridized carbons (Fsp3) is 0.444. The van der Waals surface area contributed by atoms with Gasteiger partial charge in [-0.15, -0.1) is 0 Å². The lowest BCUT2D eigenvalue weighted by Crippen LogP contribution is -2.35. The van der Waals surface area contributed by atoms with Crippen LogP contribution in [0.1, 0.15) is 0 Å². The smallest absolute Gasteiger partial charge is 0.345 e.